The summed E-state index contributed by atoms with van der Waals surface area (Å²) in [6.07, 6.45) is 0. The predicted octanol–water partition coefficient (Wildman–Crippen LogP) is 2.88. The molecule has 0 aromatic heterocycles. The Morgan fingerprint density at radius 1 is 1.18 bits per heavy atom. The first-order chi connectivity index (χ1) is 7.99. The SMILES string of the molecule is CCN(Cc1ccccc1)C(CN)C(C)(C)C. The average Bonchev–Trinajstić information content (AvgIpc) is 2.28. The highest BCUT2D eigenvalue weighted by molar-refractivity contribution is 5.14. The number of benzene rings is 1. The Morgan fingerprint density at radius 3 is 2.18 bits per heavy atom. The molecule has 2 nitrogen and oxygen atoms in total. The highest BCUT2D eigenvalue weighted by Crippen LogP contribution is 2.24. The molecule has 0 radical (unpaired) electrons. The van der Waals surface area contributed by atoms with Gasteiger partial charge in [0, 0.05) is 19.1 Å². The Labute approximate surface area is 106 Å². The van der Waals surface area contributed by atoms with Crippen LogP contribution >= 0.6 is 0 Å². The molecule has 2 N–H and O–H groups in total. The monoisotopic (exact) mass is 234 g/mol. The van der Waals surface area contributed by atoms with Gasteiger partial charge >= 0.3 is 0 Å². The third-order valence-electron chi connectivity index (χ3n) is 3.30. The summed E-state index contributed by atoms with van der Waals surface area (Å²) in [4.78, 5) is 2.47. The number of nitrogens with zero attached hydrogens (tertiary/aromatic N) is 1. The highest BCUT2D eigenvalue weighted by Gasteiger charge is 2.28. The molecule has 2 heteroatoms. The van der Waals surface area contributed by atoms with Crippen molar-refractivity contribution in [1.29, 1.82) is 0 Å². The molecule has 1 atom stereocenters. The van der Waals surface area contributed by atoms with E-state index in [1.165, 1.54) is 5.56 Å². The molecule has 0 saturated heterocycles. The molecule has 1 aromatic rings. The molecule has 0 saturated carbocycles. The fourth-order valence-corrected chi connectivity index (χ4v) is 2.31. The van der Waals surface area contributed by atoms with E-state index < -0.39 is 0 Å². The molecule has 0 aliphatic rings. The second kappa shape index (κ2) is 6.18. The second-order valence-corrected chi connectivity index (χ2v) is 5.67. The van der Waals surface area contributed by atoms with Gasteiger partial charge in [0.2, 0.25) is 0 Å². The maximum Gasteiger partial charge on any atom is 0.0270 e. The number of nitrogens with two attached hydrogens (primary N) is 1. The number of likely N-dealkylation sites (N-methyl/N-ethyl adjacent to an activating group) is 1. The number of rotatable bonds is 5. The Bertz CT molecular complexity index is 313. The van der Waals surface area contributed by atoms with E-state index in [1.807, 2.05) is 0 Å². The summed E-state index contributed by atoms with van der Waals surface area (Å²) in [5.74, 6) is 0. The van der Waals surface area contributed by atoms with Crippen LogP contribution in [0.25, 0.3) is 0 Å². The lowest BCUT2D eigenvalue weighted by molar-refractivity contribution is 0.103. The minimum absolute atomic E-state index is 0.222. The topological polar surface area (TPSA) is 29.3 Å². The van der Waals surface area contributed by atoms with Crippen LogP contribution < -0.4 is 5.73 Å². The van der Waals surface area contributed by atoms with Gasteiger partial charge in [0.15, 0.2) is 0 Å². The summed E-state index contributed by atoms with van der Waals surface area (Å²) in [6.45, 7) is 11.7. The van der Waals surface area contributed by atoms with Crippen molar-refractivity contribution in [2.45, 2.75) is 40.3 Å². The first-order valence-electron chi connectivity index (χ1n) is 6.47. The molecule has 1 aromatic carbocycles. The van der Waals surface area contributed by atoms with Gasteiger partial charge in [0.25, 0.3) is 0 Å². The molecule has 0 fully saturated rings. The normalized spacial score (nSPS) is 14.0. The van der Waals surface area contributed by atoms with Crippen molar-refractivity contribution in [3.8, 4) is 0 Å². The molecule has 0 bridgehead atoms. The van der Waals surface area contributed by atoms with Gasteiger partial charge in [-0.2, -0.15) is 0 Å². The zero-order chi connectivity index (χ0) is 12.9. The maximum absolute atomic E-state index is 5.95. The first kappa shape index (κ1) is 14.2. The van der Waals surface area contributed by atoms with Gasteiger partial charge in [-0.1, -0.05) is 58.0 Å². The molecule has 0 aliphatic heterocycles. The lowest BCUT2D eigenvalue weighted by Crippen LogP contribution is -2.48. The van der Waals surface area contributed by atoms with Crippen molar-refractivity contribution in [2.24, 2.45) is 11.1 Å². The lowest BCUT2D eigenvalue weighted by atomic mass is 9.85. The van der Waals surface area contributed by atoms with Gasteiger partial charge in [-0.25, -0.2) is 0 Å². The van der Waals surface area contributed by atoms with Gasteiger partial charge in [-0.15, -0.1) is 0 Å². The van der Waals surface area contributed by atoms with E-state index in [-0.39, 0.29) is 5.41 Å². The van der Waals surface area contributed by atoms with Crippen LogP contribution in [0.4, 0.5) is 0 Å². The summed E-state index contributed by atoms with van der Waals surface area (Å²) in [7, 11) is 0. The summed E-state index contributed by atoms with van der Waals surface area (Å²) >= 11 is 0. The first-order valence-corrected chi connectivity index (χ1v) is 6.47. The smallest absolute Gasteiger partial charge is 0.0270 e. The molecular weight excluding hydrogens is 208 g/mol. The van der Waals surface area contributed by atoms with E-state index in [4.69, 9.17) is 5.73 Å². The Morgan fingerprint density at radius 2 is 1.76 bits per heavy atom. The van der Waals surface area contributed by atoms with Gasteiger partial charge in [-0.05, 0) is 17.5 Å². The molecular formula is C15H26N2. The fraction of sp³-hybridized carbons (Fsp3) is 0.600. The zero-order valence-corrected chi connectivity index (χ0v) is 11.6. The number of hydrogen-bond donors (Lipinski definition) is 1. The molecule has 1 rings (SSSR count). The molecule has 96 valence electrons. The van der Waals surface area contributed by atoms with E-state index in [2.05, 4.69) is 62.9 Å². The Kier molecular flexibility index (Phi) is 5.16. The molecule has 1 unspecified atom stereocenters. The third-order valence-corrected chi connectivity index (χ3v) is 3.30. The molecule has 0 amide bonds. The molecule has 0 heterocycles. The molecule has 17 heavy (non-hydrogen) atoms. The van der Waals surface area contributed by atoms with Crippen LogP contribution in [-0.2, 0) is 6.54 Å². The maximum atomic E-state index is 5.95. The second-order valence-electron chi connectivity index (χ2n) is 5.67. The van der Waals surface area contributed by atoms with E-state index in [0.717, 1.165) is 13.1 Å². The van der Waals surface area contributed by atoms with Crippen molar-refractivity contribution in [3.05, 3.63) is 35.9 Å². The zero-order valence-electron chi connectivity index (χ0n) is 11.6. The summed E-state index contributed by atoms with van der Waals surface area (Å²) in [5.41, 5.74) is 7.53. The lowest BCUT2D eigenvalue weighted by Gasteiger charge is -2.39. The highest BCUT2D eigenvalue weighted by atomic mass is 15.2. The van der Waals surface area contributed by atoms with Crippen molar-refractivity contribution in [1.82, 2.24) is 4.90 Å². The van der Waals surface area contributed by atoms with Gasteiger partial charge in [-0.3, -0.25) is 4.90 Å². The molecule has 0 aliphatic carbocycles. The number of hydrogen-bond acceptors (Lipinski definition) is 2. The van der Waals surface area contributed by atoms with Crippen LogP contribution in [0.1, 0.15) is 33.3 Å². The van der Waals surface area contributed by atoms with Crippen LogP contribution in [0.5, 0.6) is 0 Å². The third kappa shape index (κ3) is 4.14. The van der Waals surface area contributed by atoms with Gasteiger partial charge in [0.1, 0.15) is 0 Å². The quantitative estimate of drug-likeness (QED) is 0.849. The van der Waals surface area contributed by atoms with Crippen molar-refractivity contribution >= 4 is 0 Å². The van der Waals surface area contributed by atoms with Crippen molar-refractivity contribution in [2.75, 3.05) is 13.1 Å². The summed E-state index contributed by atoms with van der Waals surface area (Å²) in [5, 5.41) is 0. The van der Waals surface area contributed by atoms with Crippen LogP contribution in [-0.4, -0.2) is 24.0 Å². The van der Waals surface area contributed by atoms with Crippen molar-refractivity contribution < 1.29 is 0 Å². The fourth-order valence-electron chi connectivity index (χ4n) is 2.31. The summed E-state index contributed by atoms with van der Waals surface area (Å²) in [6, 6.07) is 11.0. The predicted molar refractivity (Wildman–Crippen MR) is 74.8 cm³/mol. The molecule has 0 spiro atoms. The van der Waals surface area contributed by atoms with Crippen LogP contribution in [0.3, 0.4) is 0 Å². The van der Waals surface area contributed by atoms with Crippen LogP contribution in [0.2, 0.25) is 0 Å². The standard InChI is InChI=1S/C15H26N2/c1-5-17(14(11-16)15(2,3)4)12-13-9-7-6-8-10-13/h6-10,14H,5,11-12,16H2,1-4H3. The Hall–Kier alpha value is -0.860. The van der Waals surface area contributed by atoms with Crippen LogP contribution in [0.15, 0.2) is 30.3 Å². The Balaban J connectivity index is 2.77. The van der Waals surface area contributed by atoms with Gasteiger partial charge < -0.3 is 5.73 Å². The van der Waals surface area contributed by atoms with E-state index >= 15 is 0 Å². The summed E-state index contributed by atoms with van der Waals surface area (Å²) < 4.78 is 0. The van der Waals surface area contributed by atoms with Crippen molar-refractivity contribution in [3.63, 3.8) is 0 Å². The minimum Gasteiger partial charge on any atom is -0.329 e. The van der Waals surface area contributed by atoms with Gasteiger partial charge in [0.05, 0.1) is 0 Å². The van der Waals surface area contributed by atoms with E-state index in [9.17, 15) is 0 Å². The van der Waals surface area contributed by atoms with E-state index in [1.54, 1.807) is 0 Å². The minimum atomic E-state index is 0.222. The largest absolute Gasteiger partial charge is 0.329 e. The average molecular weight is 234 g/mol. The van der Waals surface area contributed by atoms with E-state index in [0.29, 0.717) is 12.6 Å². The van der Waals surface area contributed by atoms with Crippen LogP contribution in [0, 0.1) is 5.41 Å².